The molecule has 1 heterocycles. The first kappa shape index (κ1) is 14.5. The Hall–Kier alpha value is -0.900. The maximum atomic E-state index is 11.3. The maximum absolute atomic E-state index is 11.3. The Morgan fingerprint density at radius 1 is 1.42 bits per heavy atom. The summed E-state index contributed by atoms with van der Waals surface area (Å²) in [5, 5.41) is 1.03. The predicted molar refractivity (Wildman–Crippen MR) is 81.4 cm³/mol. The monoisotopic (exact) mass is 280 g/mol. The molecule has 4 heteroatoms. The van der Waals surface area contributed by atoms with Gasteiger partial charge < -0.3 is 4.90 Å². The normalized spacial score (nSPS) is 15.9. The molecule has 1 saturated carbocycles. The molecule has 106 valence electrons. The fourth-order valence-corrected chi connectivity index (χ4v) is 3.39. The highest BCUT2D eigenvalue weighted by atomic mass is 32.1. The summed E-state index contributed by atoms with van der Waals surface area (Å²) in [7, 11) is 0. The Bertz CT molecular complexity index is 455. The molecule has 3 nitrogen and oxygen atoms in total. The van der Waals surface area contributed by atoms with E-state index in [2.05, 4.69) is 39.5 Å². The topological polar surface area (TPSA) is 33.2 Å². The molecule has 1 aliphatic carbocycles. The molecule has 0 unspecified atom stereocenters. The average Bonchev–Trinajstić information content (AvgIpc) is 3.02. The van der Waals surface area contributed by atoms with Crippen LogP contribution in [0.15, 0.2) is 0 Å². The number of carbonyl (C=O) groups is 1. The van der Waals surface area contributed by atoms with E-state index < -0.39 is 0 Å². The van der Waals surface area contributed by atoms with E-state index in [1.807, 2.05) is 0 Å². The fourth-order valence-electron chi connectivity index (χ4n) is 2.22. The predicted octanol–water partition coefficient (Wildman–Crippen LogP) is 3.88. The van der Waals surface area contributed by atoms with Crippen molar-refractivity contribution < 1.29 is 4.79 Å². The Morgan fingerprint density at radius 3 is 2.42 bits per heavy atom. The smallest absolute Gasteiger partial charge is 0.186 e. The van der Waals surface area contributed by atoms with Crippen LogP contribution in [0.1, 0.15) is 62.8 Å². The summed E-state index contributed by atoms with van der Waals surface area (Å²) in [4.78, 5) is 19.2. The molecule has 0 amide bonds. The van der Waals surface area contributed by atoms with Gasteiger partial charge in [-0.1, -0.05) is 46.0 Å². The highest BCUT2D eigenvalue weighted by Gasteiger charge is 2.33. The fraction of sp³-hybridized carbons (Fsp3) is 0.733. The molecule has 0 aliphatic heterocycles. The summed E-state index contributed by atoms with van der Waals surface area (Å²) in [6.45, 7) is 11.8. The van der Waals surface area contributed by atoms with Crippen molar-refractivity contribution in [3.05, 3.63) is 10.6 Å². The Labute approximate surface area is 120 Å². The van der Waals surface area contributed by atoms with Crippen molar-refractivity contribution in [2.45, 2.75) is 58.9 Å². The molecule has 1 fully saturated rings. The van der Waals surface area contributed by atoms with Gasteiger partial charge in [-0.15, -0.1) is 0 Å². The number of hydrogen-bond donors (Lipinski definition) is 0. The van der Waals surface area contributed by atoms with Crippen molar-refractivity contribution in [1.82, 2.24) is 4.98 Å². The number of hydrogen-bond acceptors (Lipinski definition) is 4. The molecule has 0 radical (unpaired) electrons. The summed E-state index contributed by atoms with van der Waals surface area (Å²) in [5.41, 5.74) is 0.870. The first-order chi connectivity index (χ1) is 8.82. The zero-order valence-corrected chi connectivity index (χ0v) is 13.4. The Balaban J connectivity index is 2.33. The minimum atomic E-state index is -0.0714. The summed E-state index contributed by atoms with van der Waals surface area (Å²) >= 11 is 1.55. The van der Waals surface area contributed by atoms with E-state index in [0.717, 1.165) is 28.5 Å². The molecule has 0 aromatic carbocycles. The number of aromatic nitrogens is 1. The number of rotatable bonds is 5. The molecule has 19 heavy (non-hydrogen) atoms. The van der Waals surface area contributed by atoms with Crippen molar-refractivity contribution in [3.63, 3.8) is 0 Å². The quantitative estimate of drug-likeness (QED) is 0.767. The number of thiazole rings is 1. The molecular weight excluding hydrogens is 256 g/mol. The molecule has 1 aliphatic rings. The van der Waals surface area contributed by atoms with Crippen LogP contribution in [0.4, 0.5) is 5.13 Å². The zero-order chi connectivity index (χ0) is 14.2. The lowest BCUT2D eigenvalue weighted by Crippen LogP contribution is -2.29. The first-order valence-electron chi connectivity index (χ1n) is 7.06. The largest absolute Gasteiger partial charge is 0.345 e. The maximum Gasteiger partial charge on any atom is 0.186 e. The summed E-state index contributed by atoms with van der Waals surface area (Å²) in [5.74, 6) is 0.613. The van der Waals surface area contributed by atoms with Crippen molar-refractivity contribution in [3.8, 4) is 0 Å². The number of aldehydes is 1. The number of nitrogens with zero attached hydrogens (tertiary/aromatic N) is 2. The molecule has 0 N–H and O–H groups in total. The lowest BCUT2D eigenvalue weighted by Gasteiger charge is -2.23. The van der Waals surface area contributed by atoms with Gasteiger partial charge in [-0.3, -0.25) is 4.79 Å². The molecule has 0 spiro atoms. The van der Waals surface area contributed by atoms with Gasteiger partial charge in [0, 0.05) is 18.0 Å². The van der Waals surface area contributed by atoms with Crippen molar-refractivity contribution in [1.29, 1.82) is 0 Å². The van der Waals surface area contributed by atoms with E-state index in [9.17, 15) is 4.79 Å². The molecule has 1 aromatic rings. The zero-order valence-electron chi connectivity index (χ0n) is 12.6. The van der Waals surface area contributed by atoms with Crippen LogP contribution >= 0.6 is 11.3 Å². The van der Waals surface area contributed by atoms with Gasteiger partial charge >= 0.3 is 0 Å². The van der Waals surface area contributed by atoms with Crippen LogP contribution < -0.4 is 4.90 Å². The van der Waals surface area contributed by atoms with Crippen LogP contribution in [-0.4, -0.2) is 23.9 Å². The van der Waals surface area contributed by atoms with Gasteiger partial charge in [0.15, 0.2) is 11.4 Å². The van der Waals surface area contributed by atoms with Gasteiger partial charge in [0.05, 0.1) is 10.6 Å². The van der Waals surface area contributed by atoms with Gasteiger partial charge in [-0.25, -0.2) is 4.98 Å². The lowest BCUT2D eigenvalue weighted by atomic mass is 9.91. The van der Waals surface area contributed by atoms with Gasteiger partial charge in [-0.2, -0.15) is 0 Å². The van der Waals surface area contributed by atoms with Crippen LogP contribution in [0.3, 0.4) is 0 Å². The van der Waals surface area contributed by atoms with Crippen molar-refractivity contribution in [2.75, 3.05) is 11.4 Å². The van der Waals surface area contributed by atoms with E-state index >= 15 is 0 Å². The Morgan fingerprint density at radius 2 is 2.05 bits per heavy atom. The van der Waals surface area contributed by atoms with Gasteiger partial charge in [0.2, 0.25) is 0 Å². The second-order valence-electron chi connectivity index (χ2n) is 6.85. The molecule has 0 bridgehead atoms. The summed E-state index contributed by atoms with van der Waals surface area (Å²) in [6.07, 6.45) is 3.48. The number of anilines is 1. The van der Waals surface area contributed by atoms with E-state index in [0.29, 0.717) is 12.0 Å². The van der Waals surface area contributed by atoms with Crippen molar-refractivity contribution in [2.24, 2.45) is 5.92 Å². The summed E-state index contributed by atoms with van der Waals surface area (Å²) < 4.78 is 0. The van der Waals surface area contributed by atoms with E-state index in [1.165, 1.54) is 12.8 Å². The van der Waals surface area contributed by atoms with Gasteiger partial charge in [0.1, 0.15) is 0 Å². The van der Waals surface area contributed by atoms with Crippen LogP contribution in [-0.2, 0) is 5.41 Å². The minimum absolute atomic E-state index is 0.0714. The molecule has 0 atom stereocenters. The van der Waals surface area contributed by atoms with Crippen LogP contribution in [0, 0.1) is 5.92 Å². The van der Waals surface area contributed by atoms with E-state index in [4.69, 9.17) is 4.98 Å². The third-order valence-corrected chi connectivity index (χ3v) is 4.27. The van der Waals surface area contributed by atoms with Gasteiger partial charge in [-0.05, 0) is 18.8 Å². The second kappa shape index (κ2) is 5.23. The van der Waals surface area contributed by atoms with E-state index in [1.54, 1.807) is 11.3 Å². The van der Waals surface area contributed by atoms with Crippen LogP contribution in [0.2, 0.25) is 0 Å². The third kappa shape index (κ3) is 3.35. The lowest BCUT2D eigenvalue weighted by molar-refractivity contribution is 0.112. The van der Waals surface area contributed by atoms with Crippen LogP contribution in [0.5, 0.6) is 0 Å². The molecular formula is C15H24N2OS. The average molecular weight is 280 g/mol. The highest BCUT2D eigenvalue weighted by Crippen LogP contribution is 2.38. The van der Waals surface area contributed by atoms with E-state index in [-0.39, 0.29) is 5.41 Å². The Kier molecular flexibility index (Phi) is 4.00. The first-order valence-corrected chi connectivity index (χ1v) is 7.87. The third-order valence-electron chi connectivity index (χ3n) is 3.25. The molecule has 1 aromatic heterocycles. The number of carbonyl (C=O) groups excluding carboxylic acids is 1. The standard InChI is InChI=1S/C15H24N2OS/c1-10(2)8-17(11-6-7-11)14-16-13(15(3,4)5)12(9-18)19-14/h9-11H,6-8H2,1-5H3. The second-order valence-corrected chi connectivity index (χ2v) is 7.86. The SMILES string of the molecule is CC(C)CN(c1nc(C(C)(C)C)c(C=O)s1)C1CC1. The van der Waals surface area contributed by atoms with Crippen molar-refractivity contribution >= 4 is 22.8 Å². The summed E-state index contributed by atoms with van der Waals surface area (Å²) in [6, 6.07) is 0.640. The minimum Gasteiger partial charge on any atom is -0.345 e. The van der Waals surface area contributed by atoms with Crippen LogP contribution in [0.25, 0.3) is 0 Å². The highest BCUT2D eigenvalue weighted by molar-refractivity contribution is 7.17. The van der Waals surface area contributed by atoms with Gasteiger partial charge in [0.25, 0.3) is 0 Å². The molecule has 2 rings (SSSR count). The molecule has 0 saturated heterocycles.